The quantitative estimate of drug-likeness (QED) is 0.857. The molecule has 0 aliphatic carbocycles. The van der Waals surface area contributed by atoms with Gasteiger partial charge in [-0.05, 0) is 24.7 Å². The average molecular weight is 249 g/mol. The summed E-state index contributed by atoms with van der Waals surface area (Å²) in [5.74, 6) is -0.0922. The van der Waals surface area contributed by atoms with Crippen molar-refractivity contribution in [3.8, 4) is 5.75 Å². The molecule has 0 radical (unpaired) electrons. The molecule has 1 unspecified atom stereocenters. The van der Waals surface area contributed by atoms with E-state index in [-0.39, 0.29) is 11.3 Å². The first-order valence-electron chi connectivity index (χ1n) is 4.93. The van der Waals surface area contributed by atoms with Crippen molar-refractivity contribution in [1.29, 1.82) is 0 Å². The molecule has 0 spiro atoms. The standard InChI is InChI=1S/C11H14F3NO2/c1-15-7-10(17-2,11(12,13)14)8-3-5-9(16)6-4-8/h3-6,15-16H,7H2,1-2H3. The summed E-state index contributed by atoms with van der Waals surface area (Å²) in [5, 5.41) is 11.6. The number of ether oxygens (including phenoxy) is 1. The van der Waals surface area contributed by atoms with Gasteiger partial charge in [-0.3, -0.25) is 0 Å². The molecule has 1 aromatic rings. The zero-order valence-corrected chi connectivity index (χ0v) is 9.51. The lowest BCUT2D eigenvalue weighted by molar-refractivity contribution is -0.274. The first-order chi connectivity index (χ1) is 7.87. The Morgan fingerprint density at radius 1 is 1.24 bits per heavy atom. The molecule has 17 heavy (non-hydrogen) atoms. The first-order valence-corrected chi connectivity index (χ1v) is 4.93. The van der Waals surface area contributed by atoms with Crippen molar-refractivity contribution in [2.24, 2.45) is 0 Å². The second-order valence-electron chi connectivity index (χ2n) is 3.61. The van der Waals surface area contributed by atoms with Crippen LogP contribution in [0.5, 0.6) is 5.75 Å². The molecule has 0 saturated heterocycles. The van der Waals surface area contributed by atoms with Gasteiger partial charge in [0, 0.05) is 13.7 Å². The van der Waals surface area contributed by atoms with Gasteiger partial charge in [0.15, 0.2) is 0 Å². The van der Waals surface area contributed by atoms with E-state index in [4.69, 9.17) is 9.84 Å². The van der Waals surface area contributed by atoms with E-state index >= 15 is 0 Å². The molecule has 0 bridgehead atoms. The Morgan fingerprint density at radius 3 is 2.12 bits per heavy atom. The fourth-order valence-electron chi connectivity index (χ4n) is 1.65. The van der Waals surface area contributed by atoms with Crippen LogP contribution in [0.1, 0.15) is 5.56 Å². The van der Waals surface area contributed by atoms with Gasteiger partial charge in [-0.2, -0.15) is 13.2 Å². The van der Waals surface area contributed by atoms with E-state index in [1.54, 1.807) is 0 Å². The minimum absolute atomic E-state index is 0.0559. The van der Waals surface area contributed by atoms with Crippen LogP contribution in [0.4, 0.5) is 13.2 Å². The molecule has 0 aliphatic heterocycles. The molecule has 0 saturated carbocycles. The maximum Gasteiger partial charge on any atom is 0.422 e. The maximum absolute atomic E-state index is 13.1. The van der Waals surface area contributed by atoms with Crippen molar-refractivity contribution in [3.63, 3.8) is 0 Å². The number of nitrogens with one attached hydrogen (secondary N) is 1. The van der Waals surface area contributed by atoms with E-state index in [9.17, 15) is 13.2 Å². The zero-order chi connectivity index (χ0) is 13.1. The number of rotatable bonds is 4. The fourth-order valence-corrected chi connectivity index (χ4v) is 1.65. The molecular weight excluding hydrogens is 235 g/mol. The van der Waals surface area contributed by atoms with Crippen molar-refractivity contribution in [1.82, 2.24) is 5.32 Å². The van der Waals surface area contributed by atoms with Gasteiger partial charge in [-0.1, -0.05) is 12.1 Å². The van der Waals surface area contributed by atoms with Gasteiger partial charge in [-0.25, -0.2) is 0 Å². The van der Waals surface area contributed by atoms with Crippen molar-refractivity contribution in [2.45, 2.75) is 11.8 Å². The Hall–Kier alpha value is -1.27. The van der Waals surface area contributed by atoms with Crippen LogP contribution >= 0.6 is 0 Å². The summed E-state index contributed by atoms with van der Waals surface area (Å²) in [7, 11) is 2.43. The molecule has 0 aromatic heterocycles. The second-order valence-corrected chi connectivity index (χ2v) is 3.61. The molecule has 1 atom stereocenters. The SMILES string of the molecule is CNCC(OC)(c1ccc(O)cc1)C(F)(F)F. The van der Waals surface area contributed by atoms with E-state index in [1.165, 1.54) is 31.3 Å². The molecule has 96 valence electrons. The van der Waals surface area contributed by atoms with Crippen molar-refractivity contribution >= 4 is 0 Å². The smallest absolute Gasteiger partial charge is 0.422 e. The number of alkyl halides is 3. The fraction of sp³-hybridized carbons (Fsp3) is 0.455. The van der Waals surface area contributed by atoms with Crippen molar-refractivity contribution in [3.05, 3.63) is 29.8 Å². The number of hydrogen-bond acceptors (Lipinski definition) is 3. The predicted molar refractivity (Wildman–Crippen MR) is 56.8 cm³/mol. The van der Waals surface area contributed by atoms with Crippen LogP contribution in [0.15, 0.2) is 24.3 Å². The zero-order valence-electron chi connectivity index (χ0n) is 9.51. The molecule has 0 heterocycles. The van der Waals surface area contributed by atoms with Crippen LogP contribution in [0.2, 0.25) is 0 Å². The summed E-state index contributed by atoms with van der Waals surface area (Å²) in [6.07, 6.45) is -4.55. The topological polar surface area (TPSA) is 41.5 Å². The van der Waals surface area contributed by atoms with E-state index in [1.807, 2.05) is 0 Å². The predicted octanol–water partition coefficient (Wildman–Crippen LogP) is 2.02. The van der Waals surface area contributed by atoms with Gasteiger partial charge in [-0.15, -0.1) is 0 Å². The number of halogens is 3. The molecule has 1 rings (SSSR count). The molecule has 6 heteroatoms. The summed E-state index contributed by atoms with van der Waals surface area (Å²) in [4.78, 5) is 0. The Morgan fingerprint density at radius 2 is 1.76 bits per heavy atom. The Balaban J connectivity index is 3.26. The van der Waals surface area contributed by atoms with Gasteiger partial charge in [0.05, 0.1) is 0 Å². The van der Waals surface area contributed by atoms with Crippen molar-refractivity contribution < 1.29 is 23.0 Å². The number of methoxy groups -OCH3 is 1. The second kappa shape index (κ2) is 4.93. The van der Waals surface area contributed by atoms with Crippen LogP contribution in [0, 0.1) is 0 Å². The molecule has 0 fully saturated rings. The lowest BCUT2D eigenvalue weighted by Gasteiger charge is -2.34. The average Bonchev–Trinajstić information content (AvgIpc) is 2.25. The molecule has 0 aliphatic rings. The highest BCUT2D eigenvalue weighted by Crippen LogP contribution is 2.41. The third-order valence-electron chi connectivity index (χ3n) is 2.57. The lowest BCUT2D eigenvalue weighted by atomic mass is 9.92. The van der Waals surface area contributed by atoms with E-state index in [0.29, 0.717) is 0 Å². The molecule has 2 N–H and O–H groups in total. The van der Waals surface area contributed by atoms with Gasteiger partial charge < -0.3 is 15.2 Å². The molecule has 3 nitrogen and oxygen atoms in total. The number of phenolic OH excluding ortho intramolecular Hbond substituents is 1. The Bertz CT molecular complexity index is 364. The largest absolute Gasteiger partial charge is 0.508 e. The number of phenols is 1. The van der Waals surface area contributed by atoms with Crippen LogP contribution in [-0.4, -0.2) is 32.0 Å². The van der Waals surface area contributed by atoms with E-state index in [0.717, 1.165) is 7.11 Å². The van der Waals surface area contributed by atoms with Gasteiger partial charge in [0.1, 0.15) is 5.75 Å². The van der Waals surface area contributed by atoms with Crippen LogP contribution in [0.25, 0.3) is 0 Å². The molecular formula is C11H14F3NO2. The third kappa shape index (κ3) is 2.53. The number of hydrogen-bond donors (Lipinski definition) is 2. The highest BCUT2D eigenvalue weighted by molar-refractivity contribution is 5.31. The number of aromatic hydroxyl groups is 1. The summed E-state index contributed by atoms with van der Waals surface area (Å²) >= 11 is 0. The summed E-state index contributed by atoms with van der Waals surface area (Å²) in [6, 6.07) is 4.79. The van der Waals surface area contributed by atoms with E-state index < -0.39 is 18.3 Å². The monoisotopic (exact) mass is 249 g/mol. The maximum atomic E-state index is 13.1. The highest BCUT2D eigenvalue weighted by atomic mass is 19.4. The summed E-state index contributed by atoms with van der Waals surface area (Å²) < 4.78 is 44.1. The van der Waals surface area contributed by atoms with Gasteiger partial charge >= 0.3 is 6.18 Å². The van der Waals surface area contributed by atoms with Gasteiger partial charge in [0.2, 0.25) is 5.60 Å². The van der Waals surface area contributed by atoms with Crippen molar-refractivity contribution in [2.75, 3.05) is 20.7 Å². The first kappa shape index (κ1) is 13.8. The lowest BCUT2D eigenvalue weighted by Crippen LogP contribution is -2.50. The normalized spacial score (nSPS) is 15.6. The Labute approximate surface area is 97.2 Å². The minimum atomic E-state index is -4.55. The number of benzene rings is 1. The Kier molecular flexibility index (Phi) is 4.00. The molecule has 0 amide bonds. The van der Waals surface area contributed by atoms with Crippen LogP contribution in [0.3, 0.4) is 0 Å². The van der Waals surface area contributed by atoms with Crippen LogP contribution in [-0.2, 0) is 10.3 Å². The van der Waals surface area contributed by atoms with Crippen LogP contribution < -0.4 is 5.32 Å². The summed E-state index contributed by atoms with van der Waals surface area (Å²) in [6.45, 7) is -0.405. The van der Waals surface area contributed by atoms with Gasteiger partial charge in [0.25, 0.3) is 0 Å². The minimum Gasteiger partial charge on any atom is -0.508 e. The summed E-state index contributed by atoms with van der Waals surface area (Å²) in [5.41, 5.74) is -2.46. The number of likely N-dealkylation sites (N-methyl/N-ethyl adjacent to an activating group) is 1. The van der Waals surface area contributed by atoms with E-state index in [2.05, 4.69) is 5.32 Å². The highest BCUT2D eigenvalue weighted by Gasteiger charge is 2.56. The molecule has 1 aromatic carbocycles. The third-order valence-corrected chi connectivity index (χ3v) is 2.57.